The normalized spacial score (nSPS) is 11.5. The Balaban J connectivity index is 1.86. The topological polar surface area (TPSA) is 74.4 Å². The summed E-state index contributed by atoms with van der Waals surface area (Å²) in [6.07, 6.45) is 1.58. The van der Waals surface area contributed by atoms with Crippen LogP contribution in [0, 0.1) is 0 Å². The Kier molecular flexibility index (Phi) is 5.85. The van der Waals surface area contributed by atoms with Crippen molar-refractivity contribution in [3.63, 3.8) is 0 Å². The Morgan fingerprint density at radius 1 is 1.14 bits per heavy atom. The van der Waals surface area contributed by atoms with Gasteiger partial charge in [-0.15, -0.1) is 0 Å². The number of nitrogens with two attached hydrogens (primary N) is 1. The number of hydrogen-bond donors (Lipinski definition) is 1. The summed E-state index contributed by atoms with van der Waals surface area (Å²) in [5, 5.41) is 0. The van der Waals surface area contributed by atoms with Crippen molar-refractivity contribution in [2.24, 2.45) is 5.73 Å². The number of pyridine rings is 1. The highest BCUT2D eigenvalue weighted by Gasteiger charge is 2.26. The SMILES string of the molecule is NC(=S)C(C(=O)OCCOc1ccccc1)c1ccccn1. The van der Waals surface area contributed by atoms with Crippen molar-refractivity contribution in [2.75, 3.05) is 13.2 Å². The summed E-state index contributed by atoms with van der Waals surface area (Å²) in [7, 11) is 0. The average Bonchev–Trinajstić information content (AvgIpc) is 2.53. The molecule has 1 aromatic heterocycles. The third-order valence-corrected chi connectivity index (χ3v) is 3.08. The first kappa shape index (κ1) is 15.9. The molecule has 1 heterocycles. The molecule has 0 saturated carbocycles. The van der Waals surface area contributed by atoms with Crippen molar-refractivity contribution in [3.8, 4) is 5.75 Å². The number of hydrogen-bond acceptors (Lipinski definition) is 5. The van der Waals surface area contributed by atoms with Crippen LogP contribution in [0.5, 0.6) is 5.75 Å². The largest absolute Gasteiger partial charge is 0.490 e. The zero-order chi connectivity index (χ0) is 15.8. The number of esters is 1. The molecule has 2 rings (SSSR count). The molecule has 0 spiro atoms. The quantitative estimate of drug-likeness (QED) is 0.479. The number of aromatic nitrogens is 1. The summed E-state index contributed by atoms with van der Waals surface area (Å²) in [4.78, 5) is 16.2. The van der Waals surface area contributed by atoms with Gasteiger partial charge in [0.15, 0.2) is 0 Å². The average molecular weight is 316 g/mol. The fraction of sp³-hybridized carbons (Fsp3) is 0.188. The number of ether oxygens (including phenoxy) is 2. The molecule has 2 aromatic rings. The molecule has 1 atom stereocenters. The molecule has 0 aliphatic rings. The van der Waals surface area contributed by atoms with Crippen molar-refractivity contribution in [1.29, 1.82) is 0 Å². The predicted octanol–water partition coefficient (Wildman–Crippen LogP) is 2.07. The van der Waals surface area contributed by atoms with Gasteiger partial charge < -0.3 is 15.2 Å². The molecule has 6 heteroatoms. The van der Waals surface area contributed by atoms with Gasteiger partial charge in [-0.1, -0.05) is 36.5 Å². The third kappa shape index (κ3) is 4.53. The number of benzene rings is 1. The van der Waals surface area contributed by atoms with Crippen LogP contribution < -0.4 is 10.5 Å². The van der Waals surface area contributed by atoms with Gasteiger partial charge in [0.1, 0.15) is 24.9 Å². The van der Waals surface area contributed by atoms with Gasteiger partial charge in [-0.25, -0.2) is 0 Å². The first-order valence-corrected chi connectivity index (χ1v) is 7.14. The van der Waals surface area contributed by atoms with Crippen molar-refractivity contribution < 1.29 is 14.3 Å². The van der Waals surface area contributed by atoms with E-state index in [2.05, 4.69) is 4.98 Å². The Morgan fingerprint density at radius 3 is 2.50 bits per heavy atom. The highest BCUT2D eigenvalue weighted by molar-refractivity contribution is 7.80. The summed E-state index contributed by atoms with van der Waals surface area (Å²) < 4.78 is 10.6. The fourth-order valence-corrected chi connectivity index (χ4v) is 2.05. The molecule has 0 fully saturated rings. The molecule has 114 valence electrons. The summed E-state index contributed by atoms with van der Waals surface area (Å²) in [5.74, 6) is -0.648. The monoisotopic (exact) mass is 316 g/mol. The Hall–Kier alpha value is -2.47. The lowest BCUT2D eigenvalue weighted by Crippen LogP contribution is -2.30. The van der Waals surface area contributed by atoms with Crippen LogP contribution in [0.2, 0.25) is 0 Å². The molecule has 0 aliphatic carbocycles. The molecule has 22 heavy (non-hydrogen) atoms. The van der Waals surface area contributed by atoms with Crippen LogP contribution >= 0.6 is 12.2 Å². The zero-order valence-electron chi connectivity index (χ0n) is 11.8. The summed E-state index contributed by atoms with van der Waals surface area (Å²) in [6, 6.07) is 14.5. The molecule has 5 nitrogen and oxygen atoms in total. The van der Waals surface area contributed by atoms with E-state index >= 15 is 0 Å². The smallest absolute Gasteiger partial charge is 0.322 e. The Bertz CT molecular complexity index is 620. The lowest BCUT2D eigenvalue weighted by molar-refractivity contribution is -0.144. The summed E-state index contributed by atoms with van der Waals surface area (Å²) >= 11 is 4.94. The molecule has 0 bridgehead atoms. The maximum atomic E-state index is 12.1. The van der Waals surface area contributed by atoms with Crippen LogP contribution in [0.15, 0.2) is 54.7 Å². The van der Waals surface area contributed by atoms with E-state index in [0.29, 0.717) is 11.4 Å². The molecular weight excluding hydrogens is 300 g/mol. The van der Waals surface area contributed by atoms with Crippen LogP contribution in [-0.2, 0) is 9.53 Å². The number of nitrogens with zero attached hydrogens (tertiary/aromatic N) is 1. The highest BCUT2D eigenvalue weighted by atomic mass is 32.1. The maximum Gasteiger partial charge on any atom is 0.322 e. The van der Waals surface area contributed by atoms with Gasteiger partial charge >= 0.3 is 5.97 Å². The van der Waals surface area contributed by atoms with Crippen molar-refractivity contribution in [3.05, 3.63) is 60.4 Å². The summed E-state index contributed by atoms with van der Waals surface area (Å²) in [6.45, 7) is 0.363. The van der Waals surface area contributed by atoms with Gasteiger partial charge in [0.05, 0.1) is 10.7 Å². The van der Waals surface area contributed by atoms with Gasteiger partial charge in [-0.3, -0.25) is 9.78 Å². The maximum absolute atomic E-state index is 12.1. The van der Waals surface area contributed by atoms with Crippen molar-refractivity contribution >= 4 is 23.2 Å². The minimum absolute atomic E-state index is 0.0349. The van der Waals surface area contributed by atoms with E-state index in [1.54, 1.807) is 24.4 Å². The Labute approximate surface area is 134 Å². The van der Waals surface area contributed by atoms with E-state index in [1.807, 2.05) is 30.3 Å². The second-order valence-corrected chi connectivity index (χ2v) is 4.89. The third-order valence-electron chi connectivity index (χ3n) is 2.84. The van der Waals surface area contributed by atoms with Crippen LogP contribution in [0.1, 0.15) is 11.6 Å². The highest BCUT2D eigenvalue weighted by Crippen LogP contribution is 2.15. The van der Waals surface area contributed by atoms with Gasteiger partial charge in [0.25, 0.3) is 0 Å². The second-order valence-electron chi connectivity index (χ2n) is 4.42. The summed E-state index contributed by atoms with van der Waals surface area (Å²) in [5.41, 5.74) is 6.10. The number of thiocarbonyl (C=S) groups is 1. The molecular formula is C16H16N2O3S. The Morgan fingerprint density at radius 2 is 1.86 bits per heavy atom. The predicted molar refractivity (Wildman–Crippen MR) is 86.7 cm³/mol. The van der Waals surface area contributed by atoms with Crippen LogP contribution in [0.3, 0.4) is 0 Å². The van der Waals surface area contributed by atoms with E-state index in [-0.39, 0.29) is 18.2 Å². The van der Waals surface area contributed by atoms with Crippen LogP contribution in [-0.4, -0.2) is 29.2 Å². The van der Waals surface area contributed by atoms with E-state index in [0.717, 1.165) is 0 Å². The molecule has 1 aromatic carbocycles. The van der Waals surface area contributed by atoms with E-state index in [1.165, 1.54) is 0 Å². The fourth-order valence-electron chi connectivity index (χ4n) is 1.83. The number of carbonyl (C=O) groups is 1. The number of carbonyl (C=O) groups excluding carboxylic acids is 1. The van der Waals surface area contributed by atoms with Gasteiger partial charge in [-0.2, -0.15) is 0 Å². The van der Waals surface area contributed by atoms with Crippen LogP contribution in [0.4, 0.5) is 0 Å². The van der Waals surface area contributed by atoms with Gasteiger partial charge in [-0.05, 0) is 24.3 Å². The molecule has 0 saturated heterocycles. The van der Waals surface area contributed by atoms with E-state index in [9.17, 15) is 4.79 Å². The first-order valence-electron chi connectivity index (χ1n) is 6.73. The van der Waals surface area contributed by atoms with E-state index < -0.39 is 11.9 Å². The minimum atomic E-state index is -0.840. The number of rotatable bonds is 7. The minimum Gasteiger partial charge on any atom is -0.490 e. The standard InChI is InChI=1S/C16H16N2O3S/c17-15(22)14(13-8-4-5-9-18-13)16(19)21-11-10-20-12-6-2-1-3-7-12/h1-9,14H,10-11H2,(H2,17,22). The molecule has 0 amide bonds. The van der Waals surface area contributed by atoms with E-state index in [4.69, 9.17) is 27.4 Å². The van der Waals surface area contributed by atoms with Crippen LogP contribution in [0.25, 0.3) is 0 Å². The van der Waals surface area contributed by atoms with Gasteiger partial charge in [0.2, 0.25) is 0 Å². The molecule has 0 radical (unpaired) electrons. The van der Waals surface area contributed by atoms with Crippen molar-refractivity contribution in [2.45, 2.75) is 5.92 Å². The second kappa shape index (κ2) is 8.09. The van der Waals surface area contributed by atoms with Gasteiger partial charge in [0, 0.05) is 6.20 Å². The zero-order valence-corrected chi connectivity index (χ0v) is 12.7. The number of para-hydroxylation sites is 1. The first-order chi connectivity index (χ1) is 10.7. The lowest BCUT2D eigenvalue weighted by atomic mass is 10.1. The molecule has 2 N–H and O–H groups in total. The molecule has 0 aliphatic heterocycles. The van der Waals surface area contributed by atoms with Crippen molar-refractivity contribution in [1.82, 2.24) is 4.98 Å². The lowest BCUT2D eigenvalue weighted by Gasteiger charge is -2.14. The molecule has 1 unspecified atom stereocenters.